The summed E-state index contributed by atoms with van der Waals surface area (Å²) in [6.45, 7) is 7.15. The second-order valence-electron chi connectivity index (χ2n) is 7.36. The number of fused-ring (bicyclic) bond motifs is 1. The number of nitrogens with zero attached hydrogens (tertiary/aromatic N) is 4. The van der Waals surface area contributed by atoms with Crippen LogP contribution in [0.25, 0.3) is 0 Å². The molecule has 32 heavy (non-hydrogen) atoms. The summed E-state index contributed by atoms with van der Waals surface area (Å²) in [6.07, 6.45) is -2.50. The van der Waals surface area contributed by atoms with Gasteiger partial charge in [-0.1, -0.05) is 5.16 Å². The molecule has 0 aliphatic carbocycles. The van der Waals surface area contributed by atoms with Crippen LogP contribution < -0.4 is 4.72 Å². The van der Waals surface area contributed by atoms with E-state index in [1.54, 1.807) is 6.92 Å². The van der Waals surface area contributed by atoms with Gasteiger partial charge in [0.25, 0.3) is 0 Å². The van der Waals surface area contributed by atoms with Gasteiger partial charge >= 0.3 is 12.1 Å². The molecule has 3 rings (SSSR count). The molecule has 0 amide bonds. The topological polar surface area (TPSA) is 131 Å². The van der Waals surface area contributed by atoms with Gasteiger partial charge in [-0.3, -0.25) is 9.58 Å². The van der Waals surface area contributed by atoms with Crippen molar-refractivity contribution in [3.8, 4) is 0 Å². The van der Waals surface area contributed by atoms with Gasteiger partial charge < -0.3 is 9.63 Å². The van der Waals surface area contributed by atoms with Crippen molar-refractivity contribution in [1.82, 2.24) is 24.6 Å². The van der Waals surface area contributed by atoms with Gasteiger partial charge in [-0.05, 0) is 32.3 Å². The average Bonchev–Trinajstić information content (AvgIpc) is 3.26. The molecule has 0 radical (unpaired) electrons. The first-order chi connectivity index (χ1) is 14.9. The number of carboxylic acid groups (broad SMARTS) is 1. The van der Waals surface area contributed by atoms with Crippen LogP contribution >= 0.6 is 0 Å². The normalized spacial score (nSPS) is 17.2. The second-order valence-corrected chi connectivity index (χ2v) is 9.45. The molecule has 10 nitrogen and oxygen atoms in total. The minimum atomic E-state index is -5.08. The zero-order valence-corrected chi connectivity index (χ0v) is 18.5. The van der Waals surface area contributed by atoms with Gasteiger partial charge in [0.15, 0.2) is 0 Å². The van der Waals surface area contributed by atoms with E-state index < -0.39 is 22.2 Å². The summed E-state index contributed by atoms with van der Waals surface area (Å²) in [5, 5.41) is 15.6. The van der Waals surface area contributed by atoms with E-state index in [0.717, 1.165) is 43.2 Å². The van der Waals surface area contributed by atoms with Crippen molar-refractivity contribution >= 4 is 16.0 Å². The van der Waals surface area contributed by atoms with Crippen LogP contribution in [0.5, 0.6) is 0 Å². The van der Waals surface area contributed by atoms with Crippen LogP contribution in [0.2, 0.25) is 0 Å². The van der Waals surface area contributed by atoms with Gasteiger partial charge in [0.05, 0.1) is 17.1 Å². The van der Waals surface area contributed by atoms with Crippen molar-refractivity contribution in [2.24, 2.45) is 5.92 Å². The third-order valence-corrected chi connectivity index (χ3v) is 6.10. The third kappa shape index (κ3) is 8.24. The smallest absolute Gasteiger partial charge is 0.475 e. The van der Waals surface area contributed by atoms with Gasteiger partial charge in [0.1, 0.15) is 5.76 Å². The van der Waals surface area contributed by atoms with Gasteiger partial charge in [0, 0.05) is 45.0 Å². The molecule has 0 spiro atoms. The number of halogens is 3. The van der Waals surface area contributed by atoms with Crippen molar-refractivity contribution < 1.29 is 36.0 Å². The van der Waals surface area contributed by atoms with Gasteiger partial charge in [-0.25, -0.2) is 17.9 Å². The Morgan fingerprint density at radius 1 is 1.38 bits per heavy atom. The largest absolute Gasteiger partial charge is 0.490 e. The standard InChI is InChI=1S/C16H25N5O3S.C2HF3O2/c1-3-25(22,23)18-7-4-14-9-20(11-15-8-13(2)24-19-15)12-16-5-6-17-21(16)10-14;3-2(4,5)1(6)7/h5-6,8,14,18H,3-4,7,9-12H2,1-2H3;(H,6,7). The molecule has 0 saturated heterocycles. The lowest BCUT2D eigenvalue weighted by molar-refractivity contribution is -0.192. The molecule has 1 atom stereocenters. The number of alkyl halides is 3. The highest BCUT2D eigenvalue weighted by Gasteiger charge is 2.38. The predicted octanol–water partition coefficient (Wildman–Crippen LogP) is 1.77. The van der Waals surface area contributed by atoms with Crippen molar-refractivity contribution in [1.29, 1.82) is 0 Å². The quantitative estimate of drug-likeness (QED) is 0.612. The van der Waals surface area contributed by atoms with E-state index in [0.29, 0.717) is 19.0 Å². The first-order valence-electron chi connectivity index (χ1n) is 9.82. The summed E-state index contributed by atoms with van der Waals surface area (Å²) in [5.74, 6) is -1.53. The molecule has 3 heterocycles. The minimum absolute atomic E-state index is 0.110. The van der Waals surface area contributed by atoms with Crippen LogP contribution in [-0.2, 0) is 34.5 Å². The first kappa shape index (κ1) is 25.8. The van der Waals surface area contributed by atoms with Crippen molar-refractivity contribution in [3.05, 3.63) is 35.5 Å². The predicted molar refractivity (Wildman–Crippen MR) is 107 cm³/mol. The number of hydrogen-bond donors (Lipinski definition) is 2. The molecule has 0 bridgehead atoms. The van der Waals surface area contributed by atoms with E-state index in [-0.39, 0.29) is 5.75 Å². The lowest BCUT2D eigenvalue weighted by Crippen LogP contribution is -2.32. The fraction of sp³-hybridized carbons (Fsp3) is 0.611. The number of rotatable bonds is 7. The van der Waals surface area contributed by atoms with Crippen molar-refractivity contribution in [2.45, 2.75) is 46.1 Å². The average molecular weight is 481 g/mol. The lowest BCUT2D eigenvalue weighted by Gasteiger charge is -2.23. The molecule has 2 aromatic heterocycles. The minimum Gasteiger partial charge on any atom is -0.475 e. The van der Waals surface area contributed by atoms with E-state index in [9.17, 15) is 21.6 Å². The maximum Gasteiger partial charge on any atom is 0.490 e. The molecule has 0 aromatic carbocycles. The Balaban J connectivity index is 0.000000451. The number of carboxylic acids is 1. The van der Waals surface area contributed by atoms with Crippen LogP contribution in [-0.4, -0.2) is 64.3 Å². The Morgan fingerprint density at radius 3 is 2.62 bits per heavy atom. The highest BCUT2D eigenvalue weighted by molar-refractivity contribution is 7.89. The SMILES string of the molecule is CCS(=O)(=O)NCCC1CN(Cc2cc(C)on2)Cc2ccnn2C1.O=C(O)C(F)(F)F. The van der Waals surface area contributed by atoms with Gasteiger partial charge in [-0.2, -0.15) is 18.3 Å². The molecule has 1 aliphatic heterocycles. The molecule has 2 aromatic rings. The number of aryl methyl sites for hydroxylation is 1. The van der Waals surface area contributed by atoms with E-state index in [1.807, 2.05) is 29.9 Å². The molecule has 0 fully saturated rings. The number of aromatic nitrogens is 3. The molecule has 180 valence electrons. The zero-order chi connectivity index (χ0) is 23.9. The van der Waals surface area contributed by atoms with Crippen LogP contribution in [0.4, 0.5) is 13.2 Å². The Morgan fingerprint density at radius 2 is 2.06 bits per heavy atom. The molecule has 2 N–H and O–H groups in total. The lowest BCUT2D eigenvalue weighted by atomic mass is 10.1. The van der Waals surface area contributed by atoms with E-state index in [2.05, 4.69) is 19.9 Å². The van der Waals surface area contributed by atoms with Gasteiger partial charge in [0.2, 0.25) is 10.0 Å². The number of aliphatic carboxylic acids is 1. The summed E-state index contributed by atoms with van der Waals surface area (Å²) in [7, 11) is -3.15. The maximum absolute atomic E-state index is 11.6. The fourth-order valence-electron chi connectivity index (χ4n) is 3.17. The Bertz CT molecular complexity index is 989. The van der Waals surface area contributed by atoms with E-state index >= 15 is 0 Å². The van der Waals surface area contributed by atoms with Crippen LogP contribution in [0.15, 0.2) is 22.9 Å². The second kappa shape index (κ2) is 10.9. The zero-order valence-electron chi connectivity index (χ0n) is 17.7. The number of sulfonamides is 1. The molecule has 14 heteroatoms. The molecule has 0 saturated carbocycles. The Labute approximate surface area is 183 Å². The van der Waals surface area contributed by atoms with E-state index in [1.165, 1.54) is 0 Å². The Hall–Kier alpha value is -2.45. The number of carbonyl (C=O) groups is 1. The fourth-order valence-corrected chi connectivity index (χ4v) is 3.80. The molecular formula is C18H26F3N5O5S. The molecular weight excluding hydrogens is 455 g/mol. The van der Waals surface area contributed by atoms with Crippen LogP contribution in [0.1, 0.15) is 30.5 Å². The summed E-state index contributed by atoms with van der Waals surface area (Å²) >= 11 is 0. The van der Waals surface area contributed by atoms with Crippen LogP contribution in [0, 0.1) is 12.8 Å². The summed E-state index contributed by atoms with van der Waals surface area (Å²) in [6, 6.07) is 3.98. The van der Waals surface area contributed by atoms with Gasteiger partial charge in [-0.15, -0.1) is 0 Å². The Kier molecular flexibility index (Phi) is 8.81. The first-order valence-corrected chi connectivity index (χ1v) is 11.5. The highest BCUT2D eigenvalue weighted by atomic mass is 32.2. The van der Waals surface area contributed by atoms with Crippen LogP contribution in [0.3, 0.4) is 0 Å². The molecule has 1 aliphatic rings. The highest BCUT2D eigenvalue weighted by Crippen LogP contribution is 2.20. The van der Waals surface area contributed by atoms with Crippen molar-refractivity contribution in [3.63, 3.8) is 0 Å². The van der Waals surface area contributed by atoms with E-state index in [4.69, 9.17) is 14.4 Å². The number of nitrogens with one attached hydrogen (secondary N) is 1. The molecule has 1 unspecified atom stereocenters. The van der Waals surface area contributed by atoms with Crippen molar-refractivity contribution in [2.75, 3.05) is 18.8 Å². The summed E-state index contributed by atoms with van der Waals surface area (Å²) in [4.78, 5) is 11.2. The summed E-state index contributed by atoms with van der Waals surface area (Å²) in [5.41, 5.74) is 2.08. The monoisotopic (exact) mass is 481 g/mol. The summed E-state index contributed by atoms with van der Waals surface area (Å²) < 4.78 is 64.8. The maximum atomic E-state index is 11.6. The third-order valence-electron chi connectivity index (χ3n) is 4.70. The number of hydrogen-bond acceptors (Lipinski definition) is 7.